The second-order valence-electron chi connectivity index (χ2n) is 4.74. The Morgan fingerprint density at radius 1 is 1.37 bits per heavy atom. The van der Waals surface area contributed by atoms with E-state index in [9.17, 15) is 4.79 Å². The van der Waals surface area contributed by atoms with Crippen molar-refractivity contribution in [2.75, 3.05) is 20.8 Å². The number of nitriles is 1. The summed E-state index contributed by atoms with van der Waals surface area (Å²) in [4.78, 5) is 12.1. The standard InChI is InChI=1S/C14H18N2O3/c1-14(2,8-15)9-16-13(17)11-7-10(18-3)5-6-12(11)19-4/h5-7H,9H2,1-4H3,(H,16,17). The van der Waals surface area contributed by atoms with Crippen LogP contribution >= 0.6 is 0 Å². The minimum Gasteiger partial charge on any atom is -0.497 e. The molecule has 0 fully saturated rings. The highest BCUT2D eigenvalue weighted by Crippen LogP contribution is 2.24. The Bertz CT molecular complexity index is 504. The van der Waals surface area contributed by atoms with Crippen molar-refractivity contribution in [3.63, 3.8) is 0 Å². The molecule has 1 aromatic rings. The SMILES string of the molecule is COc1ccc(OC)c(C(=O)NCC(C)(C)C#N)c1. The lowest BCUT2D eigenvalue weighted by Crippen LogP contribution is -2.33. The molecule has 0 saturated heterocycles. The Morgan fingerprint density at radius 3 is 2.58 bits per heavy atom. The molecule has 0 aromatic heterocycles. The van der Waals surface area contributed by atoms with Gasteiger partial charge in [0.05, 0.1) is 31.3 Å². The number of nitrogens with zero attached hydrogens (tertiary/aromatic N) is 1. The maximum Gasteiger partial charge on any atom is 0.255 e. The molecule has 0 aliphatic rings. The van der Waals surface area contributed by atoms with E-state index in [4.69, 9.17) is 14.7 Å². The molecule has 0 aliphatic heterocycles. The predicted octanol–water partition coefficient (Wildman–Crippen LogP) is 1.98. The molecule has 0 bridgehead atoms. The van der Waals surface area contributed by atoms with Crippen LogP contribution in [0.5, 0.6) is 11.5 Å². The minimum atomic E-state index is -0.609. The Hall–Kier alpha value is -2.22. The minimum absolute atomic E-state index is 0.267. The number of rotatable bonds is 5. The van der Waals surface area contributed by atoms with E-state index < -0.39 is 5.41 Å². The topological polar surface area (TPSA) is 71.3 Å². The van der Waals surface area contributed by atoms with Gasteiger partial charge in [0.2, 0.25) is 0 Å². The summed E-state index contributed by atoms with van der Waals surface area (Å²) >= 11 is 0. The lowest BCUT2D eigenvalue weighted by molar-refractivity contribution is 0.0940. The molecule has 1 aromatic carbocycles. The lowest BCUT2D eigenvalue weighted by atomic mass is 9.96. The molecule has 1 N–H and O–H groups in total. The van der Waals surface area contributed by atoms with Crippen molar-refractivity contribution in [2.45, 2.75) is 13.8 Å². The third kappa shape index (κ3) is 3.88. The van der Waals surface area contributed by atoms with E-state index in [1.54, 1.807) is 32.0 Å². The normalized spacial score (nSPS) is 10.5. The molecule has 0 spiro atoms. The van der Waals surface area contributed by atoms with Gasteiger partial charge in [-0.15, -0.1) is 0 Å². The second-order valence-corrected chi connectivity index (χ2v) is 4.74. The van der Waals surface area contributed by atoms with E-state index in [-0.39, 0.29) is 12.5 Å². The van der Waals surface area contributed by atoms with E-state index >= 15 is 0 Å². The predicted molar refractivity (Wildman–Crippen MR) is 71.3 cm³/mol. The van der Waals surface area contributed by atoms with Gasteiger partial charge in [0, 0.05) is 6.54 Å². The molecule has 0 heterocycles. The molecule has 0 saturated carbocycles. The Balaban J connectivity index is 2.90. The summed E-state index contributed by atoms with van der Waals surface area (Å²) in [5.41, 5.74) is -0.225. The zero-order chi connectivity index (χ0) is 14.5. The highest BCUT2D eigenvalue weighted by Gasteiger charge is 2.20. The third-order valence-corrected chi connectivity index (χ3v) is 2.64. The van der Waals surface area contributed by atoms with Crippen molar-refractivity contribution in [1.29, 1.82) is 5.26 Å². The fourth-order valence-corrected chi connectivity index (χ4v) is 1.43. The summed E-state index contributed by atoms with van der Waals surface area (Å²) in [6.45, 7) is 3.79. The molecule has 1 rings (SSSR count). The highest BCUT2D eigenvalue weighted by atomic mass is 16.5. The van der Waals surface area contributed by atoms with E-state index in [1.807, 2.05) is 0 Å². The Kier molecular flexibility index (Phi) is 4.76. The van der Waals surface area contributed by atoms with Gasteiger partial charge in [-0.25, -0.2) is 0 Å². The van der Waals surface area contributed by atoms with Gasteiger partial charge in [0.25, 0.3) is 5.91 Å². The van der Waals surface area contributed by atoms with E-state index in [0.29, 0.717) is 17.1 Å². The third-order valence-electron chi connectivity index (χ3n) is 2.64. The van der Waals surface area contributed by atoms with Crippen molar-refractivity contribution in [3.05, 3.63) is 23.8 Å². The lowest BCUT2D eigenvalue weighted by Gasteiger charge is -2.17. The first-order valence-electron chi connectivity index (χ1n) is 5.85. The van der Waals surface area contributed by atoms with E-state index in [1.165, 1.54) is 14.2 Å². The van der Waals surface area contributed by atoms with Crippen LogP contribution in [0.2, 0.25) is 0 Å². The van der Waals surface area contributed by atoms with Crippen molar-refractivity contribution < 1.29 is 14.3 Å². The van der Waals surface area contributed by atoms with Crippen LogP contribution in [0.25, 0.3) is 0 Å². The molecule has 19 heavy (non-hydrogen) atoms. The summed E-state index contributed by atoms with van der Waals surface area (Å²) in [5, 5.41) is 11.6. The fourth-order valence-electron chi connectivity index (χ4n) is 1.43. The van der Waals surface area contributed by atoms with Crippen LogP contribution < -0.4 is 14.8 Å². The molecular weight excluding hydrogens is 244 g/mol. The van der Waals surface area contributed by atoms with Gasteiger partial charge in [-0.3, -0.25) is 4.79 Å². The number of hydrogen-bond acceptors (Lipinski definition) is 4. The summed E-state index contributed by atoms with van der Waals surface area (Å²) < 4.78 is 10.2. The van der Waals surface area contributed by atoms with Crippen LogP contribution in [0.15, 0.2) is 18.2 Å². The number of benzene rings is 1. The fraction of sp³-hybridized carbons (Fsp3) is 0.429. The number of nitrogens with one attached hydrogen (secondary N) is 1. The summed E-state index contributed by atoms with van der Waals surface area (Å²) in [7, 11) is 3.03. The molecule has 1 amide bonds. The van der Waals surface area contributed by atoms with Gasteiger partial charge >= 0.3 is 0 Å². The zero-order valence-corrected chi connectivity index (χ0v) is 11.6. The number of hydrogen-bond donors (Lipinski definition) is 1. The smallest absolute Gasteiger partial charge is 0.255 e. The maximum atomic E-state index is 12.1. The van der Waals surface area contributed by atoms with Crippen molar-refractivity contribution >= 4 is 5.91 Å². The molecule has 102 valence electrons. The average Bonchev–Trinajstić information content (AvgIpc) is 2.44. The van der Waals surface area contributed by atoms with Crippen LogP contribution in [-0.4, -0.2) is 26.7 Å². The summed E-state index contributed by atoms with van der Waals surface area (Å²) in [6, 6.07) is 7.12. The number of ether oxygens (including phenoxy) is 2. The number of carbonyl (C=O) groups excluding carboxylic acids is 1. The number of amides is 1. The molecular formula is C14H18N2O3. The number of methoxy groups -OCH3 is 2. The monoisotopic (exact) mass is 262 g/mol. The van der Waals surface area contributed by atoms with Crippen LogP contribution in [0.1, 0.15) is 24.2 Å². The van der Waals surface area contributed by atoms with Gasteiger partial charge < -0.3 is 14.8 Å². The van der Waals surface area contributed by atoms with Crippen LogP contribution in [-0.2, 0) is 0 Å². The van der Waals surface area contributed by atoms with Crippen LogP contribution in [0.4, 0.5) is 0 Å². The summed E-state index contributed by atoms with van der Waals surface area (Å²) in [5.74, 6) is 0.748. The second kappa shape index (κ2) is 6.10. The van der Waals surface area contributed by atoms with Gasteiger partial charge in [-0.1, -0.05) is 0 Å². The van der Waals surface area contributed by atoms with E-state index in [0.717, 1.165) is 0 Å². The van der Waals surface area contributed by atoms with Gasteiger partial charge in [-0.05, 0) is 32.0 Å². The van der Waals surface area contributed by atoms with Gasteiger partial charge in [-0.2, -0.15) is 5.26 Å². The zero-order valence-electron chi connectivity index (χ0n) is 11.6. The Morgan fingerprint density at radius 2 is 2.05 bits per heavy atom. The number of carbonyl (C=O) groups is 1. The first kappa shape index (κ1) is 14.8. The molecule has 0 radical (unpaired) electrons. The van der Waals surface area contributed by atoms with Gasteiger partial charge in [0.1, 0.15) is 11.5 Å². The molecule has 0 aliphatic carbocycles. The molecule has 5 heteroatoms. The van der Waals surface area contributed by atoms with E-state index in [2.05, 4.69) is 11.4 Å². The molecule has 0 unspecified atom stereocenters. The largest absolute Gasteiger partial charge is 0.497 e. The highest BCUT2D eigenvalue weighted by molar-refractivity contribution is 5.97. The maximum absolute atomic E-state index is 12.1. The summed E-state index contributed by atoms with van der Waals surface area (Å²) in [6.07, 6.45) is 0. The Labute approximate surface area is 113 Å². The quantitative estimate of drug-likeness (QED) is 0.880. The van der Waals surface area contributed by atoms with Crippen LogP contribution in [0, 0.1) is 16.7 Å². The van der Waals surface area contributed by atoms with Crippen molar-refractivity contribution in [2.24, 2.45) is 5.41 Å². The van der Waals surface area contributed by atoms with Crippen LogP contribution in [0.3, 0.4) is 0 Å². The van der Waals surface area contributed by atoms with Crippen molar-refractivity contribution in [3.8, 4) is 17.6 Å². The molecule has 0 atom stereocenters. The average molecular weight is 262 g/mol. The van der Waals surface area contributed by atoms with Gasteiger partial charge in [0.15, 0.2) is 0 Å². The van der Waals surface area contributed by atoms with Crippen molar-refractivity contribution in [1.82, 2.24) is 5.32 Å². The first-order valence-corrected chi connectivity index (χ1v) is 5.85. The molecule has 5 nitrogen and oxygen atoms in total. The first-order chi connectivity index (χ1) is 8.93.